The fourth-order valence-corrected chi connectivity index (χ4v) is 4.39. The molecule has 1 aliphatic rings. The molecule has 0 spiro atoms. The highest BCUT2D eigenvalue weighted by Gasteiger charge is 2.29. The van der Waals surface area contributed by atoms with Gasteiger partial charge < -0.3 is 9.47 Å². The number of fused-ring (bicyclic) bond motifs is 1. The molecule has 38 heavy (non-hydrogen) atoms. The standard InChI is InChI=1S/C29H25ClNO2.ClHO4/c1-32-27-15-16-28-23(19-27)17-18-31(25-11-9-24(30)10-12-25)29(28)22-7-13-26(14-8-22)33-20-21-5-3-2-4-6-21;2-1(3,4)5/h2-16,19H,17-18,20H2,1H3;(H,2,3,4,5)/q+1;/p-1. The van der Waals surface area contributed by atoms with Crippen LogP contribution in [0.3, 0.4) is 0 Å². The van der Waals surface area contributed by atoms with Crippen LogP contribution in [0.25, 0.3) is 0 Å². The van der Waals surface area contributed by atoms with Crippen LogP contribution in [0.5, 0.6) is 11.5 Å². The summed E-state index contributed by atoms with van der Waals surface area (Å²) >= 11 is 6.16. The fourth-order valence-electron chi connectivity index (χ4n) is 4.26. The van der Waals surface area contributed by atoms with E-state index < -0.39 is 10.2 Å². The topological polar surface area (TPSA) is 114 Å². The highest BCUT2D eigenvalue weighted by Crippen LogP contribution is 2.29. The Morgan fingerprint density at radius 2 is 1.45 bits per heavy atom. The molecule has 0 fully saturated rings. The van der Waals surface area contributed by atoms with Crippen molar-refractivity contribution in [2.45, 2.75) is 13.0 Å². The van der Waals surface area contributed by atoms with Gasteiger partial charge in [0.15, 0.2) is 6.54 Å². The molecule has 0 aliphatic carbocycles. The maximum atomic E-state index is 8.49. The summed E-state index contributed by atoms with van der Waals surface area (Å²) in [5.74, 6) is 1.74. The van der Waals surface area contributed by atoms with Crippen molar-refractivity contribution in [2.75, 3.05) is 13.7 Å². The first-order chi connectivity index (χ1) is 18.2. The number of benzene rings is 4. The molecule has 0 saturated heterocycles. The van der Waals surface area contributed by atoms with Gasteiger partial charge in [-0.2, -0.15) is 4.58 Å². The third-order valence-electron chi connectivity index (χ3n) is 5.96. The highest BCUT2D eigenvalue weighted by molar-refractivity contribution is 6.30. The molecule has 0 N–H and O–H groups in total. The lowest BCUT2D eigenvalue weighted by Gasteiger charge is -2.19. The second-order valence-electron chi connectivity index (χ2n) is 8.43. The van der Waals surface area contributed by atoms with Crippen molar-refractivity contribution in [2.24, 2.45) is 0 Å². The van der Waals surface area contributed by atoms with Crippen molar-refractivity contribution in [3.63, 3.8) is 0 Å². The van der Waals surface area contributed by atoms with Gasteiger partial charge in [0, 0.05) is 29.1 Å². The van der Waals surface area contributed by atoms with Gasteiger partial charge in [0.2, 0.25) is 11.4 Å². The number of nitrogens with zero attached hydrogens (tertiary/aromatic N) is 1. The number of ether oxygens (including phenoxy) is 2. The monoisotopic (exact) mass is 553 g/mol. The second-order valence-corrected chi connectivity index (χ2v) is 9.62. The minimum absolute atomic E-state index is 0.552. The third kappa shape index (κ3) is 7.55. The zero-order valence-corrected chi connectivity index (χ0v) is 22.0. The highest BCUT2D eigenvalue weighted by atomic mass is 35.7. The molecule has 9 heteroatoms. The maximum Gasteiger partial charge on any atom is 0.220 e. The van der Waals surface area contributed by atoms with Gasteiger partial charge in [-0.15, -0.1) is 10.2 Å². The largest absolute Gasteiger partial charge is 0.497 e. The summed E-state index contributed by atoms with van der Waals surface area (Å²) in [6.07, 6.45) is 0.941. The van der Waals surface area contributed by atoms with Gasteiger partial charge in [0.05, 0.1) is 12.7 Å². The minimum atomic E-state index is -4.94. The zero-order chi connectivity index (χ0) is 27.1. The van der Waals surface area contributed by atoms with Crippen molar-refractivity contribution >= 4 is 23.0 Å². The van der Waals surface area contributed by atoms with Gasteiger partial charge >= 0.3 is 0 Å². The van der Waals surface area contributed by atoms with Crippen LogP contribution in [0.2, 0.25) is 5.02 Å². The van der Waals surface area contributed by atoms with E-state index in [2.05, 4.69) is 53.1 Å². The van der Waals surface area contributed by atoms with E-state index in [1.807, 2.05) is 48.5 Å². The Bertz CT molecular complexity index is 1380. The van der Waals surface area contributed by atoms with Crippen LogP contribution in [0.4, 0.5) is 5.69 Å². The van der Waals surface area contributed by atoms with E-state index in [-0.39, 0.29) is 0 Å². The van der Waals surface area contributed by atoms with E-state index in [4.69, 9.17) is 39.7 Å². The summed E-state index contributed by atoms with van der Waals surface area (Å²) in [6.45, 7) is 1.43. The molecular weight excluding hydrogens is 529 g/mol. The zero-order valence-electron chi connectivity index (χ0n) is 20.5. The van der Waals surface area contributed by atoms with Crippen LogP contribution in [0.15, 0.2) is 97.1 Å². The molecule has 4 aromatic carbocycles. The SMILES string of the molecule is COc1ccc2c(c1)CC[N+](c1ccc(Cl)cc1)=C2c1ccc(OCc2ccccc2)cc1.[O-][Cl+3]([O-])([O-])[O-]. The van der Waals surface area contributed by atoms with E-state index in [9.17, 15) is 0 Å². The smallest absolute Gasteiger partial charge is 0.220 e. The Morgan fingerprint density at radius 3 is 2.08 bits per heavy atom. The Hall–Kier alpha value is -3.43. The van der Waals surface area contributed by atoms with Gasteiger partial charge in [-0.3, -0.25) is 0 Å². The first kappa shape index (κ1) is 27.6. The van der Waals surface area contributed by atoms with E-state index in [1.54, 1.807) is 7.11 Å². The van der Waals surface area contributed by atoms with Gasteiger partial charge in [-0.05, 0) is 65.7 Å². The molecule has 0 unspecified atom stereocenters. The van der Waals surface area contributed by atoms with Gasteiger partial charge in [0.25, 0.3) is 0 Å². The average Bonchev–Trinajstić information content (AvgIpc) is 2.91. The lowest BCUT2D eigenvalue weighted by atomic mass is 9.92. The fraction of sp³-hybridized carbons (Fsp3) is 0.138. The normalized spacial score (nSPS) is 12.8. The molecule has 0 amide bonds. The lowest BCUT2D eigenvalue weighted by molar-refractivity contribution is -2.00. The summed E-state index contributed by atoms with van der Waals surface area (Å²) in [5.41, 5.74) is 7.10. The summed E-state index contributed by atoms with van der Waals surface area (Å²) in [6, 6.07) is 32.9. The van der Waals surface area contributed by atoms with Crippen LogP contribution in [-0.2, 0) is 13.0 Å². The van der Waals surface area contributed by atoms with E-state index in [0.29, 0.717) is 6.61 Å². The Morgan fingerprint density at radius 1 is 0.816 bits per heavy atom. The first-order valence-corrected chi connectivity index (χ1v) is 13.3. The lowest BCUT2D eigenvalue weighted by Crippen LogP contribution is -2.68. The predicted molar refractivity (Wildman–Crippen MR) is 133 cm³/mol. The Balaban J connectivity index is 0.000000617. The van der Waals surface area contributed by atoms with Crippen molar-refractivity contribution in [1.29, 1.82) is 0 Å². The molecule has 4 aromatic rings. The van der Waals surface area contributed by atoms with Gasteiger partial charge in [-0.1, -0.05) is 41.9 Å². The Kier molecular flexibility index (Phi) is 9.01. The predicted octanol–water partition coefficient (Wildman–Crippen LogP) is 1.91. The number of halogens is 2. The summed E-state index contributed by atoms with van der Waals surface area (Å²) in [7, 11) is -3.23. The van der Waals surface area contributed by atoms with Crippen molar-refractivity contribution in [3.05, 3.63) is 124 Å². The summed E-state index contributed by atoms with van der Waals surface area (Å²) in [4.78, 5) is 0. The van der Waals surface area contributed by atoms with Gasteiger partial charge in [0.1, 0.15) is 18.1 Å². The van der Waals surface area contributed by atoms with E-state index in [0.717, 1.165) is 46.3 Å². The molecule has 1 heterocycles. The molecule has 0 bridgehead atoms. The molecule has 0 radical (unpaired) electrons. The van der Waals surface area contributed by atoms with E-state index >= 15 is 0 Å². The summed E-state index contributed by atoms with van der Waals surface area (Å²) < 4.78 is 47.8. The van der Waals surface area contributed by atoms with Gasteiger partial charge in [-0.25, -0.2) is 18.6 Å². The Labute approximate surface area is 228 Å². The van der Waals surface area contributed by atoms with Crippen LogP contribution in [0.1, 0.15) is 22.3 Å². The third-order valence-corrected chi connectivity index (χ3v) is 6.21. The van der Waals surface area contributed by atoms with Crippen LogP contribution < -0.4 is 28.1 Å². The van der Waals surface area contributed by atoms with Crippen molar-refractivity contribution in [1.82, 2.24) is 0 Å². The maximum absolute atomic E-state index is 8.49. The number of hydrogen-bond acceptors (Lipinski definition) is 6. The number of methoxy groups -OCH3 is 1. The number of rotatable bonds is 6. The first-order valence-electron chi connectivity index (χ1n) is 11.7. The number of hydrogen-bond donors (Lipinski definition) is 0. The molecule has 0 aromatic heterocycles. The van der Waals surface area contributed by atoms with E-state index in [1.165, 1.54) is 16.8 Å². The average molecular weight is 554 g/mol. The van der Waals surface area contributed by atoms with Crippen LogP contribution >= 0.6 is 11.6 Å². The molecule has 196 valence electrons. The summed E-state index contributed by atoms with van der Waals surface area (Å²) in [5, 5.41) is 0.738. The molecule has 5 rings (SSSR count). The molecule has 1 aliphatic heterocycles. The molecular formula is C29H25Cl2NO6. The minimum Gasteiger partial charge on any atom is -0.497 e. The second kappa shape index (κ2) is 12.4. The molecule has 7 nitrogen and oxygen atoms in total. The van der Waals surface area contributed by atoms with Crippen LogP contribution in [0, 0.1) is 10.2 Å². The van der Waals surface area contributed by atoms with Crippen molar-refractivity contribution < 1.29 is 42.9 Å². The molecule has 0 atom stereocenters. The van der Waals surface area contributed by atoms with Crippen molar-refractivity contribution in [3.8, 4) is 11.5 Å². The van der Waals surface area contributed by atoms with Crippen LogP contribution in [-0.4, -0.2) is 23.9 Å². The molecule has 0 saturated carbocycles. The quantitative estimate of drug-likeness (QED) is 0.337.